The zero-order valence-electron chi connectivity index (χ0n) is 7.64. The number of nitrogens with two attached hydrogens (primary N) is 1. The highest BCUT2D eigenvalue weighted by Crippen LogP contribution is 2.31. The Hall–Kier alpha value is -0.550. The largest absolute Gasteiger partial charge is 0.398 e. The van der Waals surface area contributed by atoms with Crippen LogP contribution in [0.15, 0.2) is 23.1 Å². The highest BCUT2D eigenvalue weighted by atomic mass is 35.5. The zero-order valence-corrected chi connectivity index (χ0v) is 9.22. The SMILES string of the molecule is Nc1ccc(Cl)cc1SCCC(F)(F)F. The molecule has 0 heterocycles. The fraction of sp³-hybridized carbons (Fsp3) is 0.333. The van der Waals surface area contributed by atoms with Gasteiger partial charge in [0.05, 0.1) is 6.42 Å². The van der Waals surface area contributed by atoms with Crippen molar-refractivity contribution in [3.8, 4) is 0 Å². The Labute approximate surface area is 94.8 Å². The van der Waals surface area contributed by atoms with E-state index in [0.717, 1.165) is 11.8 Å². The van der Waals surface area contributed by atoms with Gasteiger partial charge >= 0.3 is 6.18 Å². The number of rotatable bonds is 3. The minimum absolute atomic E-state index is 0.0476. The molecule has 15 heavy (non-hydrogen) atoms. The molecule has 0 aromatic heterocycles. The highest BCUT2D eigenvalue weighted by molar-refractivity contribution is 7.99. The molecule has 84 valence electrons. The quantitative estimate of drug-likeness (QED) is 0.653. The Bertz CT molecular complexity index is 341. The number of anilines is 1. The highest BCUT2D eigenvalue weighted by Gasteiger charge is 2.26. The van der Waals surface area contributed by atoms with Crippen LogP contribution in [0.4, 0.5) is 18.9 Å². The summed E-state index contributed by atoms with van der Waals surface area (Å²) in [6.45, 7) is 0. The molecule has 0 saturated carbocycles. The summed E-state index contributed by atoms with van der Waals surface area (Å²) in [7, 11) is 0. The van der Waals surface area contributed by atoms with Crippen molar-refractivity contribution in [2.75, 3.05) is 11.5 Å². The van der Waals surface area contributed by atoms with Gasteiger partial charge in [0.1, 0.15) is 0 Å². The Balaban J connectivity index is 2.54. The number of hydrogen-bond donors (Lipinski definition) is 1. The first-order valence-electron chi connectivity index (χ1n) is 4.13. The van der Waals surface area contributed by atoms with Crippen LogP contribution in [0.5, 0.6) is 0 Å². The Kier molecular flexibility index (Phi) is 4.16. The van der Waals surface area contributed by atoms with E-state index >= 15 is 0 Å². The van der Waals surface area contributed by atoms with Crippen molar-refractivity contribution in [3.05, 3.63) is 23.2 Å². The normalized spacial score (nSPS) is 11.7. The van der Waals surface area contributed by atoms with E-state index in [9.17, 15) is 13.2 Å². The molecular formula is C9H9ClF3NS. The minimum atomic E-state index is -4.12. The van der Waals surface area contributed by atoms with E-state index in [4.69, 9.17) is 17.3 Å². The van der Waals surface area contributed by atoms with Gasteiger partial charge in [-0.1, -0.05) is 11.6 Å². The third-order valence-corrected chi connectivity index (χ3v) is 2.93. The molecule has 1 nitrogen and oxygen atoms in total. The fourth-order valence-corrected chi connectivity index (χ4v) is 2.15. The van der Waals surface area contributed by atoms with Gasteiger partial charge in [-0.05, 0) is 18.2 Å². The number of hydrogen-bond acceptors (Lipinski definition) is 2. The molecule has 0 spiro atoms. The molecule has 1 aromatic carbocycles. The zero-order chi connectivity index (χ0) is 11.5. The van der Waals surface area contributed by atoms with Crippen molar-refractivity contribution in [2.24, 2.45) is 0 Å². The number of benzene rings is 1. The second-order valence-electron chi connectivity index (χ2n) is 2.90. The van der Waals surface area contributed by atoms with Gasteiger partial charge in [-0.15, -0.1) is 11.8 Å². The second kappa shape index (κ2) is 4.99. The fourth-order valence-electron chi connectivity index (χ4n) is 0.910. The number of nitrogen functional groups attached to an aromatic ring is 1. The molecule has 0 atom stereocenters. The van der Waals surface area contributed by atoms with E-state index in [1.807, 2.05) is 0 Å². The van der Waals surface area contributed by atoms with Crippen LogP contribution >= 0.6 is 23.4 Å². The molecule has 0 aliphatic carbocycles. The predicted molar refractivity (Wildman–Crippen MR) is 57.3 cm³/mol. The average molecular weight is 256 g/mol. The van der Waals surface area contributed by atoms with E-state index in [0.29, 0.717) is 15.6 Å². The summed E-state index contributed by atoms with van der Waals surface area (Å²) in [6.07, 6.45) is -4.95. The standard InChI is InChI=1S/C9H9ClF3NS/c10-6-1-2-7(14)8(5-6)15-4-3-9(11,12)13/h1-2,5H,3-4,14H2. The predicted octanol–water partition coefficient (Wildman–Crippen LogP) is 3.97. The lowest BCUT2D eigenvalue weighted by Crippen LogP contribution is -2.08. The van der Waals surface area contributed by atoms with Crippen molar-refractivity contribution >= 4 is 29.1 Å². The second-order valence-corrected chi connectivity index (χ2v) is 4.47. The van der Waals surface area contributed by atoms with Crippen LogP contribution in [0.3, 0.4) is 0 Å². The molecule has 0 bridgehead atoms. The number of thioether (sulfide) groups is 1. The van der Waals surface area contributed by atoms with E-state index in [1.165, 1.54) is 0 Å². The first kappa shape index (κ1) is 12.5. The van der Waals surface area contributed by atoms with Crippen LogP contribution in [0.25, 0.3) is 0 Å². The monoisotopic (exact) mass is 255 g/mol. The molecule has 0 aliphatic heterocycles. The lowest BCUT2D eigenvalue weighted by molar-refractivity contribution is -0.129. The summed E-state index contributed by atoms with van der Waals surface area (Å²) in [6, 6.07) is 4.75. The summed E-state index contributed by atoms with van der Waals surface area (Å²) < 4.78 is 35.6. The van der Waals surface area contributed by atoms with Crippen molar-refractivity contribution < 1.29 is 13.2 Å². The van der Waals surface area contributed by atoms with Crippen LogP contribution in [-0.4, -0.2) is 11.9 Å². The Morgan fingerprint density at radius 2 is 2.00 bits per heavy atom. The van der Waals surface area contributed by atoms with E-state index in [1.54, 1.807) is 18.2 Å². The first-order valence-corrected chi connectivity index (χ1v) is 5.49. The molecular weight excluding hydrogens is 247 g/mol. The van der Waals surface area contributed by atoms with Gasteiger partial charge < -0.3 is 5.73 Å². The summed E-state index contributed by atoms with van der Waals surface area (Å²) in [4.78, 5) is 0.590. The van der Waals surface area contributed by atoms with Crippen molar-refractivity contribution in [1.29, 1.82) is 0 Å². The molecule has 0 saturated heterocycles. The van der Waals surface area contributed by atoms with Gasteiger partial charge in [-0.25, -0.2) is 0 Å². The number of halogens is 4. The molecule has 1 rings (SSSR count). The van der Waals surface area contributed by atoms with Crippen molar-refractivity contribution in [1.82, 2.24) is 0 Å². The van der Waals surface area contributed by atoms with Crippen LogP contribution in [0, 0.1) is 0 Å². The maximum Gasteiger partial charge on any atom is 0.389 e. The third-order valence-electron chi connectivity index (χ3n) is 1.62. The lowest BCUT2D eigenvalue weighted by Gasteiger charge is -2.07. The smallest absolute Gasteiger partial charge is 0.389 e. The summed E-state index contributed by atoms with van der Waals surface area (Å²) in [5.41, 5.74) is 6.03. The minimum Gasteiger partial charge on any atom is -0.398 e. The van der Waals surface area contributed by atoms with Crippen LogP contribution in [-0.2, 0) is 0 Å². The van der Waals surface area contributed by atoms with Gasteiger partial charge in [0, 0.05) is 21.4 Å². The lowest BCUT2D eigenvalue weighted by atomic mass is 10.3. The average Bonchev–Trinajstić information content (AvgIpc) is 2.09. The van der Waals surface area contributed by atoms with Gasteiger partial charge in [0.15, 0.2) is 0 Å². The molecule has 2 N–H and O–H groups in total. The van der Waals surface area contributed by atoms with Gasteiger partial charge in [0.2, 0.25) is 0 Å². The van der Waals surface area contributed by atoms with E-state index < -0.39 is 12.6 Å². The summed E-state index contributed by atoms with van der Waals surface area (Å²) in [5, 5.41) is 0.471. The molecule has 6 heteroatoms. The van der Waals surface area contributed by atoms with Crippen molar-refractivity contribution in [3.63, 3.8) is 0 Å². The molecule has 0 radical (unpaired) electrons. The van der Waals surface area contributed by atoms with Crippen LogP contribution in [0.1, 0.15) is 6.42 Å². The molecule has 0 amide bonds. The topological polar surface area (TPSA) is 26.0 Å². The summed E-state index contributed by atoms with van der Waals surface area (Å²) >= 11 is 6.75. The van der Waals surface area contributed by atoms with Gasteiger partial charge in [-0.3, -0.25) is 0 Å². The molecule has 0 unspecified atom stereocenters. The van der Waals surface area contributed by atoms with Crippen molar-refractivity contribution in [2.45, 2.75) is 17.5 Å². The molecule has 0 fully saturated rings. The van der Waals surface area contributed by atoms with E-state index in [2.05, 4.69) is 0 Å². The van der Waals surface area contributed by atoms with E-state index in [-0.39, 0.29) is 5.75 Å². The van der Waals surface area contributed by atoms with Crippen LogP contribution < -0.4 is 5.73 Å². The Morgan fingerprint density at radius 3 is 2.60 bits per heavy atom. The maximum atomic E-state index is 11.9. The maximum absolute atomic E-state index is 11.9. The Morgan fingerprint density at radius 1 is 1.33 bits per heavy atom. The number of alkyl halides is 3. The molecule has 1 aromatic rings. The summed E-state index contributed by atoms with van der Waals surface area (Å²) in [5.74, 6) is -0.0476. The molecule has 0 aliphatic rings. The first-order chi connectivity index (χ1) is 6.88. The van der Waals surface area contributed by atoms with Crippen LogP contribution in [0.2, 0.25) is 5.02 Å². The van der Waals surface area contributed by atoms with Gasteiger partial charge in [0.25, 0.3) is 0 Å². The van der Waals surface area contributed by atoms with Gasteiger partial charge in [-0.2, -0.15) is 13.2 Å². The third kappa shape index (κ3) is 4.66.